The van der Waals surface area contributed by atoms with E-state index in [1.165, 1.54) is 72.8 Å². The smallest absolute Gasteiger partial charge is 0.269 e. The largest absolute Gasteiger partial charge is 0.769 e. The Morgan fingerprint density at radius 2 is 1.25 bits per heavy atom. The van der Waals surface area contributed by atoms with Crippen molar-refractivity contribution in [2.24, 2.45) is 0 Å². The van der Waals surface area contributed by atoms with Gasteiger partial charge in [0.15, 0.2) is 0 Å². The second-order valence-electron chi connectivity index (χ2n) is 6.29. The molecule has 13 nitrogen and oxygen atoms in total. The van der Waals surface area contributed by atoms with Crippen LogP contribution in [0.1, 0.15) is 0 Å². The van der Waals surface area contributed by atoms with Gasteiger partial charge in [0.1, 0.15) is 5.82 Å². The minimum absolute atomic E-state index is 0.0620. The summed E-state index contributed by atoms with van der Waals surface area (Å²) in [6.07, 6.45) is 5.69. The molecule has 0 aromatic heterocycles. The number of nitro groups is 1. The molecule has 0 unspecified atom stereocenters. The number of hydrogen-bond acceptors (Lipinski definition) is 11. The van der Waals surface area contributed by atoms with Crippen LogP contribution in [-0.4, -0.2) is 15.5 Å². The molecule has 0 radical (unpaired) electrons. The molecular formula is C19H16N7O6-3. The predicted octanol–water partition coefficient (Wildman–Crippen LogP) is 2.72. The first kappa shape index (κ1) is 21.9. The Bertz CT molecular complexity index is 1070. The third-order valence-electron chi connectivity index (χ3n) is 4.19. The van der Waals surface area contributed by atoms with Crippen LogP contribution in [0.2, 0.25) is 0 Å². The highest BCUT2D eigenvalue weighted by Gasteiger charge is 2.09. The highest BCUT2D eigenvalue weighted by Crippen LogP contribution is 2.18. The normalized spacial score (nSPS) is 12.2. The molecule has 0 fully saturated rings. The van der Waals surface area contributed by atoms with Crippen LogP contribution in [0, 0.1) is 30.9 Å². The number of nitrogens with one attached hydrogen (secondary N) is 4. The number of benzene rings is 2. The van der Waals surface area contributed by atoms with E-state index in [2.05, 4.69) is 21.7 Å². The maximum absolute atomic E-state index is 10.9. The van der Waals surface area contributed by atoms with Crippen LogP contribution in [0.3, 0.4) is 0 Å². The van der Waals surface area contributed by atoms with Gasteiger partial charge in [0.25, 0.3) is 5.69 Å². The lowest BCUT2D eigenvalue weighted by Gasteiger charge is -2.37. The van der Waals surface area contributed by atoms with Crippen molar-refractivity contribution in [3.05, 3.63) is 115 Å². The van der Waals surface area contributed by atoms with Crippen molar-refractivity contribution in [2.45, 2.75) is 0 Å². The molecule has 1 aliphatic rings. The zero-order chi connectivity index (χ0) is 23.1. The Kier molecular flexibility index (Phi) is 6.75. The molecule has 0 amide bonds. The van der Waals surface area contributed by atoms with E-state index in [4.69, 9.17) is 0 Å². The summed E-state index contributed by atoms with van der Waals surface area (Å²) in [6, 6.07) is 11.3. The average Bonchev–Trinajstić information content (AvgIpc) is 2.79. The Hall–Kier alpha value is -4.75. The van der Waals surface area contributed by atoms with Gasteiger partial charge in [-0.25, -0.2) is 0 Å². The van der Waals surface area contributed by atoms with Crippen LogP contribution >= 0.6 is 0 Å². The standard InChI is InChI=1S/C19H16N7O6/c27-24(28)16-7-1-13(2-8-16)19(22-20-14-3-9-17(10-4-14)25(29)30)23-21-15-5-11-18(12-6-15)26(31)32/h1-12,20-23H/q-3. The molecule has 2 aromatic rings. The van der Waals surface area contributed by atoms with Gasteiger partial charge in [0.05, 0.1) is 16.3 Å². The molecule has 0 heterocycles. The average molecular weight is 438 g/mol. The topological polar surface area (TPSA) is 190 Å². The van der Waals surface area contributed by atoms with E-state index in [-0.39, 0.29) is 17.1 Å². The summed E-state index contributed by atoms with van der Waals surface area (Å²) in [6.45, 7) is 0. The summed E-state index contributed by atoms with van der Waals surface area (Å²) in [4.78, 5) is 9.75. The Balaban J connectivity index is 1.76. The molecule has 0 bridgehead atoms. The molecule has 0 aliphatic heterocycles. The van der Waals surface area contributed by atoms with Crippen molar-refractivity contribution >= 4 is 28.5 Å². The van der Waals surface area contributed by atoms with E-state index in [1.807, 2.05) is 0 Å². The maximum Gasteiger partial charge on any atom is 0.269 e. The second-order valence-corrected chi connectivity index (χ2v) is 6.29. The number of hydrazine groups is 2. The molecule has 166 valence electrons. The van der Waals surface area contributed by atoms with E-state index < -0.39 is 15.1 Å². The summed E-state index contributed by atoms with van der Waals surface area (Å²) >= 11 is 0. The summed E-state index contributed by atoms with van der Waals surface area (Å²) < 4.78 is 0. The van der Waals surface area contributed by atoms with Gasteiger partial charge in [-0.3, -0.25) is 31.8 Å². The van der Waals surface area contributed by atoms with Gasteiger partial charge in [-0.15, -0.1) is 0 Å². The predicted molar refractivity (Wildman–Crippen MR) is 120 cm³/mol. The highest BCUT2D eigenvalue weighted by molar-refractivity contribution is 6.02. The number of nitro benzene ring substituents is 1. The molecule has 2 aromatic carbocycles. The van der Waals surface area contributed by atoms with Crippen molar-refractivity contribution in [3.8, 4) is 0 Å². The Morgan fingerprint density at radius 1 is 0.750 bits per heavy atom. The Morgan fingerprint density at radius 3 is 1.69 bits per heavy atom. The minimum Gasteiger partial charge on any atom is -0.769 e. The van der Waals surface area contributed by atoms with Gasteiger partial charge < -0.3 is 26.1 Å². The van der Waals surface area contributed by atoms with Gasteiger partial charge in [0.2, 0.25) is 5.71 Å². The molecule has 0 atom stereocenters. The van der Waals surface area contributed by atoms with Crippen LogP contribution < -0.4 is 26.9 Å². The van der Waals surface area contributed by atoms with Crippen LogP contribution in [0.4, 0.5) is 22.7 Å². The molecular weight excluding hydrogens is 422 g/mol. The number of allylic oxidation sites excluding steroid dienone is 5. The molecule has 13 heteroatoms. The molecule has 3 rings (SSSR count). The fourth-order valence-corrected chi connectivity index (χ4v) is 2.53. The second kappa shape index (κ2) is 9.84. The summed E-state index contributed by atoms with van der Waals surface area (Å²) in [7, 11) is 0. The molecule has 32 heavy (non-hydrogen) atoms. The van der Waals surface area contributed by atoms with E-state index >= 15 is 0 Å². The molecule has 0 saturated heterocycles. The van der Waals surface area contributed by atoms with Crippen LogP contribution in [0.25, 0.3) is 0 Å². The van der Waals surface area contributed by atoms with Gasteiger partial charge >= 0.3 is 0 Å². The molecule has 0 spiro atoms. The first-order valence-electron chi connectivity index (χ1n) is 8.98. The minimum atomic E-state index is -0.519. The summed E-state index contributed by atoms with van der Waals surface area (Å²) in [5.74, 6) is 0.358. The lowest BCUT2D eigenvalue weighted by atomic mass is 10.1. The third kappa shape index (κ3) is 5.65. The third-order valence-corrected chi connectivity index (χ3v) is 4.19. The first-order chi connectivity index (χ1) is 15.3. The molecule has 4 N–H and O–H groups in total. The van der Waals surface area contributed by atoms with Gasteiger partial charge in [-0.2, -0.15) is 4.90 Å². The van der Waals surface area contributed by atoms with E-state index in [0.29, 0.717) is 22.8 Å². The fraction of sp³-hybridized carbons (Fsp3) is 0. The lowest BCUT2D eigenvalue weighted by molar-refractivity contribution is -0.384. The SMILES string of the molecule is O=[N+]([O-])c1ccc(NNC(NNc2ccc(N([O-])[O-])cc2)=C2C=CC(=[N+]([O-])[O-])C=C2)cc1. The summed E-state index contributed by atoms with van der Waals surface area (Å²) in [5, 5.41) is 53.6. The van der Waals surface area contributed by atoms with Crippen molar-refractivity contribution in [1.29, 1.82) is 0 Å². The highest BCUT2D eigenvalue weighted by atomic mass is 16.8. The van der Waals surface area contributed by atoms with Crippen LogP contribution in [-0.2, 0) is 0 Å². The van der Waals surface area contributed by atoms with Crippen molar-refractivity contribution in [3.63, 3.8) is 0 Å². The van der Waals surface area contributed by atoms with Crippen LogP contribution in [0.15, 0.2) is 84.2 Å². The maximum atomic E-state index is 10.9. The quantitative estimate of drug-likeness (QED) is 0.269. The van der Waals surface area contributed by atoms with Crippen molar-refractivity contribution < 1.29 is 9.83 Å². The zero-order valence-corrected chi connectivity index (χ0v) is 16.2. The Labute approximate surface area is 181 Å². The van der Waals surface area contributed by atoms with E-state index in [9.17, 15) is 30.9 Å². The monoisotopic (exact) mass is 438 g/mol. The molecule has 1 aliphatic carbocycles. The first-order valence-corrected chi connectivity index (χ1v) is 8.98. The van der Waals surface area contributed by atoms with Gasteiger partial charge in [-0.05, 0) is 48.6 Å². The lowest BCUT2D eigenvalue weighted by Crippen LogP contribution is -2.35. The summed E-state index contributed by atoms with van der Waals surface area (Å²) in [5.41, 5.74) is 12.9. The van der Waals surface area contributed by atoms with E-state index in [0.717, 1.165) is 0 Å². The number of hydrogen-bond donors (Lipinski definition) is 4. The van der Waals surface area contributed by atoms with Gasteiger partial charge in [-0.1, -0.05) is 0 Å². The van der Waals surface area contributed by atoms with Crippen LogP contribution in [0.5, 0.6) is 0 Å². The zero-order valence-electron chi connectivity index (χ0n) is 16.2. The number of non-ortho nitro benzene ring substituents is 1. The number of nitrogens with zero attached hydrogens (tertiary/aromatic N) is 3. The number of rotatable bonds is 8. The number of anilines is 3. The molecule has 0 saturated carbocycles. The van der Waals surface area contributed by atoms with Gasteiger partial charge in [0, 0.05) is 35.5 Å². The fourth-order valence-electron chi connectivity index (χ4n) is 2.53. The van der Waals surface area contributed by atoms with Crippen molar-refractivity contribution in [1.82, 2.24) is 10.9 Å². The van der Waals surface area contributed by atoms with Crippen molar-refractivity contribution in [2.75, 3.05) is 16.1 Å². The van der Waals surface area contributed by atoms with E-state index in [1.54, 1.807) is 0 Å².